The summed E-state index contributed by atoms with van der Waals surface area (Å²) in [5.74, 6) is 0.0801. The Kier molecular flexibility index (Phi) is 11.2. The largest absolute Gasteiger partial charge is 0.394 e. The first kappa shape index (κ1) is 32.8. The van der Waals surface area contributed by atoms with E-state index < -0.39 is 34.5 Å². The molecular formula is C26H31Cl2F3N4O3S. The van der Waals surface area contributed by atoms with Gasteiger partial charge in [0, 0.05) is 18.7 Å². The smallest absolute Gasteiger partial charge is 0.349 e. The van der Waals surface area contributed by atoms with Crippen molar-refractivity contribution < 1.29 is 26.4 Å². The molecule has 214 valence electrons. The number of aromatic nitrogens is 2. The molecule has 0 spiro atoms. The van der Waals surface area contributed by atoms with Crippen molar-refractivity contribution >= 4 is 40.7 Å². The van der Waals surface area contributed by atoms with E-state index in [1.807, 2.05) is 6.92 Å². The van der Waals surface area contributed by atoms with Crippen LogP contribution in [0.4, 0.5) is 13.2 Å². The van der Waals surface area contributed by atoms with Crippen LogP contribution in [0.5, 0.6) is 0 Å². The van der Waals surface area contributed by atoms with Gasteiger partial charge in [-0.25, -0.2) is 0 Å². The van der Waals surface area contributed by atoms with Crippen LogP contribution in [0.3, 0.4) is 0 Å². The van der Waals surface area contributed by atoms with Crippen LogP contribution in [0.25, 0.3) is 11.3 Å². The molecular weight excluding hydrogens is 576 g/mol. The van der Waals surface area contributed by atoms with Gasteiger partial charge in [0.15, 0.2) is 5.69 Å². The molecule has 2 aromatic rings. The summed E-state index contributed by atoms with van der Waals surface area (Å²) in [6.07, 6.45) is -1.27. The number of rotatable bonds is 7. The molecule has 1 aromatic carbocycles. The van der Waals surface area contributed by atoms with Crippen molar-refractivity contribution in [3.8, 4) is 17.3 Å². The minimum atomic E-state index is -4.36. The molecule has 1 amide bonds. The van der Waals surface area contributed by atoms with Crippen LogP contribution in [0.15, 0.2) is 18.2 Å². The lowest BCUT2D eigenvalue weighted by molar-refractivity contribution is -0.211. The average molecular weight is 608 g/mol. The third-order valence-electron chi connectivity index (χ3n) is 7.17. The molecule has 0 bridgehead atoms. The second-order valence-corrected chi connectivity index (χ2v) is 11.4. The first-order valence-corrected chi connectivity index (χ1v) is 13.8. The van der Waals surface area contributed by atoms with Crippen LogP contribution in [0.1, 0.15) is 69.4 Å². The summed E-state index contributed by atoms with van der Waals surface area (Å²) in [5, 5.41) is 17.3. The summed E-state index contributed by atoms with van der Waals surface area (Å²) in [6, 6.07) is 7.07. The van der Waals surface area contributed by atoms with Gasteiger partial charge in [0.1, 0.15) is 0 Å². The molecule has 0 atom stereocenters. The van der Waals surface area contributed by atoms with Crippen molar-refractivity contribution in [1.82, 2.24) is 15.1 Å². The van der Waals surface area contributed by atoms with Gasteiger partial charge in [-0.1, -0.05) is 56.1 Å². The van der Waals surface area contributed by atoms with Crippen molar-refractivity contribution in [2.45, 2.75) is 72.5 Å². The van der Waals surface area contributed by atoms with E-state index in [0.717, 1.165) is 39.5 Å². The first-order chi connectivity index (χ1) is 18.1. The maximum atomic E-state index is 13.3. The van der Waals surface area contributed by atoms with Crippen LogP contribution in [-0.2, 0) is 24.5 Å². The molecule has 0 radical (unpaired) electrons. The lowest BCUT2D eigenvalue weighted by Crippen LogP contribution is -2.39. The fraction of sp³-hybridized carbons (Fsp3) is 0.577. The Morgan fingerprint density at radius 1 is 1.26 bits per heavy atom. The average Bonchev–Trinajstić information content (AvgIpc) is 3.19. The lowest BCUT2D eigenvalue weighted by Gasteiger charge is -2.33. The number of hydrogen-bond donors (Lipinski definition) is 1. The fourth-order valence-electron chi connectivity index (χ4n) is 4.52. The number of amides is 1. The number of hydrogen-bond acceptors (Lipinski definition) is 5. The Hall–Kier alpha value is -2.42. The van der Waals surface area contributed by atoms with Crippen LogP contribution in [0.2, 0.25) is 10.0 Å². The number of benzene rings is 1. The SMILES string of the molecule is CCn1nc(C(=O)NCC2(C#N)CCC(C)CC2)c(Cl)c1-c1ccc(CC(C)(C)C(F)(F)F)cc1Cl.O=S=O. The minimum absolute atomic E-state index is 0.0177. The number of halogens is 5. The number of carbonyl (C=O) groups excluding carboxylic acids is 1. The van der Waals surface area contributed by atoms with Gasteiger partial charge in [-0.15, -0.1) is 0 Å². The normalized spacial score (nSPS) is 19.4. The summed E-state index contributed by atoms with van der Waals surface area (Å²) in [7, 11) is 0. The van der Waals surface area contributed by atoms with E-state index in [1.165, 1.54) is 6.07 Å². The van der Waals surface area contributed by atoms with Crippen molar-refractivity contribution in [2.24, 2.45) is 16.7 Å². The van der Waals surface area contributed by atoms with Gasteiger partial charge in [-0.05, 0) is 56.6 Å². The van der Waals surface area contributed by atoms with E-state index in [9.17, 15) is 23.2 Å². The molecule has 3 rings (SSSR count). The van der Waals surface area contributed by atoms with E-state index in [0.29, 0.717) is 29.3 Å². The first-order valence-electron chi connectivity index (χ1n) is 12.4. The highest BCUT2D eigenvalue weighted by molar-refractivity contribution is 7.51. The Bertz CT molecular complexity index is 1260. The molecule has 0 aliphatic heterocycles. The zero-order valence-electron chi connectivity index (χ0n) is 22.1. The summed E-state index contributed by atoms with van der Waals surface area (Å²) in [6.45, 7) is 6.88. The van der Waals surface area contributed by atoms with E-state index in [-0.39, 0.29) is 28.7 Å². The molecule has 0 unspecified atom stereocenters. The van der Waals surface area contributed by atoms with Gasteiger partial charge >= 0.3 is 17.7 Å². The monoisotopic (exact) mass is 606 g/mol. The molecule has 1 aliphatic carbocycles. The maximum Gasteiger partial charge on any atom is 0.394 e. The van der Waals surface area contributed by atoms with Gasteiger partial charge in [-0.2, -0.15) is 31.9 Å². The Balaban J connectivity index is 0.00000170. The molecule has 1 saturated carbocycles. The van der Waals surface area contributed by atoms with E-state index in [1.54, 1.807) is 16.8 Å². The number of aryl methyl sites for hydroxylation is 1. The topological polar surface area (TPSA) is 105 Å². The highest BCUT2D eigenvalue weighted by Crippen LogP contribution is 2.42. The molecule has 1 fully saturated rings. The van der Waals surface area contributed by atoms with E-state index in [2.05, 4.69) is 23.4 Å². The Labute approximate surface area is 239 Å². The molecule has 39 heavy (non-hydrogen) atoms. The predicted octanol–water partition coefficient (Wildman–Crippen LogP) is 6.79. The van der Waals surface area contributed by atoms with Crippen LogP contribution >= 0.6 is 23.2 Å². The van der Waals surface area contributed by atoms with Crippen molar-refractivity contribution in [1.29, 1.82) is 5.26 Å². The standard InChI is InChI=1S/C26H31Cl2F3N4O.O2S/c1-5-35-22(18-7-6-17(12-19(18)27)13-24(3,4)26(29,30)31)20(28)21(34-35)23(36)33-15-25(14-32)10-8-16(2)9-11-25;1-3-2/h6-7,12,16H,5,8-11,13,15H2,1-4H3,(H,33,36);. The summed E-state index contributed by atoms with van der Waals surface area (Å²) >= 11 is 12.3. The zero-order valence-corrected chi connectivity index (χ0v) is 24.5. The second kappa shape index (κ2) is 13.3. The number of nitriles is 1. The highest BCUT2D eigenvalue weighted by atomic mass is 35.5. The van der Waals surface area contributed by atoms with E-state index in [4.69, 9.17) is 31.6 Å². The zero-order chi connectivity index (χ0) is 29.6. The number of nitrogens with one attached hydrogen (secondary N) is 1. The van der Waals surface area contributed by atoms with Gasteiger partial charge < -0.3 is 5.32 Å². The van der Waals surface area contributed by atoms with Crippen molar-refractivity contribution in [3.63, 3.8) is 0 Å². The van der Waals surface area contributed by atoms with Crippen LogP contribution in [-0.4, -0.2) is 36.8 Å². The molecule has 13 heteroatoms. The number of alkyl halides is 3. The van der Waals surface area contributed by atoms with Gasteiger partial charge in [0.05, 0.1) is 32.6 Å². The maximum absolute atomic E-state index is 13.3. The molecule has 0 saturated heterocycles. The summed E-state index contributed by atoms with van der Waals surface area (Å²) in [5.41, 5.74) is -1.18. The summed E-state index contributed by atoms with van der Waals surface area (Å²) < 4.78 is 58.1. The minimum Gasteiger partial charge on any atom is -0.349 e. The lowest BCUT2D eigenvalue weighted by atomic mass is 9.72. The number of nitrogens with zero attached hydrogens (tertiary/aromatic N) is 3. The molecule has 1 heterocycles. The second-order valence-electron chi connectivity index (χ2n) is 10.5. The van der Waals surface area contributed by atoms with E-state index >= 15 is 0 Å². The van der Waals surface area contributed by atoms with Crippen molar-refractivity contribution in [2.75, 3.05) is 6.54 Å². The number of carbonyl (C=O) groups is 1. The predicted molar refractivity (Wildman–Crippen MR) is 144 cm³/mol. The molecule has 7 nitrogen and oxygen atoms in total. The summed E-state index contributed by atoms with van der Waals surface area (Å²) in [4.78, 5) is 13.0. The van der Waals surface area contributed by atoms with Crippen LogP contribution < -0.4 is 5.32 Å². The molecule has 1 aliphatic rings. The van der Waals surface area contributed by atoms with Gasteiger partial charge in [0.2, 0.25) is 0 Å². The highest BCUT2D eigenvalue weighted by Gasteiger charge is 2.47. The van der Waals surface area contributed by atoms with Crippen LogP contribution in [0, 0.1) is 28.1 Å². The van der Waals surface area contributed by atoms with Crippen molar-refractivity contribution in [3.05, 3.63) is 39.5 Å². The van der Waals surface area contributed by atoms with Gasteiger partial charge in [-0.3, -0.25) is 9.48 Å². The molecule has 1 aromatic heterocycles. The van der Waals surface area contributed by atoms with Gasteiger partial charge in [0.25, 0.3) is 5.91 Å². The Morgan fingerprint density at radius 2 is 1.85 bits per heavy atom. The third-order valence-corrected chi connectivity index (χ3v) is 7.84. The fourth-order valence-corrected chi connectivity index (χ4v) is 5.13. The Morgan fingerprint density at radius 3 is 2.33 bits per heavy atom. The quantitative estimate of drug-likeness (QED) is 0.373. The molecule has 1 N–H and O–H groups in total. The third kappa shape index (κ3) is 7.83.